The summed E-state index contributed by atoms with van der Waals surface area (Å²) in [5.41, 5.74) is 2.01. The Morgan fingerprint density at radius 1 is 1.03 bits per heavy atom. The van der Waals surface area contributed by atoms with Crippen LogP contribution in [0.4, 0.5) is 0 Å². The van der Waals surface area contributed by atoms with E-state index in [9.17, 15) is 25.2 Å². The Balaban J connectivity index is 1.81. The van der Waals surface area contributed by atoms with Gasteiger partial charge in [-0.15, -0.1) is 0 Å². The van der Waals surface area contributed by atoms with Crippen LogP contribution >= 0.6 is 0 Å². The summed E-state index contributed by atoms with van der Waals surface area (Å²) in [6.07, 6.45) is -4.94. The third-order valence-electron chi connectivity index (χ3n) is 5.76. The normalized spacial score (nSPS) is 28.1. The van der Waals surface area contributed by atoms with E-state index < -0.39 is 36.6 Å². The Labute approximate surface area is 175 Å². The van der Waals surface area contributed by atoms with Crippen molar-refractivity contribution in [1.29, 1.82) is 0 Å². The SMILES string of the molecule is C[N+](C)(CCC(c1ccccc1)c1ccccn1)[C@@H]1O[C@H](C(=O)O)[C@@H](O)[C@H](O)[C@H]1O. The minimum Gasteiger partial charge on any atom is -0.479 e. The van der Waals surface area contributed by atoms with Gasteiger partial charge in [0.15, 0.2) is 12.2 Å². The molecule has 1 unspecified atom stereocenters. The molecule has 30 heavy (non-hydrogen) atoms. The van der Waals surface area contributed by atoms with Gasteiger partial charge in [-0.3, -0.25) is 4.98 Å². The molecule has 2 heterocycles. The number of pyridine rings is 1. The molecule has 0 saturated carbocycles. The smallest absolute Gasteiger partial charge is 0.335 e. The van der Waals surface area contributed by atoms with Crippen LogP contribution in [0.25, 0.3) is 0 Å². The molecule has 0 amide bonds. The number of likely N-dealkylation sites (N-methyl/N-ethyl adjacent to an activating group) is 1. The third-order valence-corrected chi connectivity index (χ3v) is 5.76. The lowest BCUT2D eigenvalue weighted by Gasteiger charge is -2.46. The largest absolute Gasteiger partial charge is 0.479 e. The molecule has 8 heteroatoms. The standard InChI is InChI=1S/C22H28N2O6/c1-24(2,21-19(27)17(25)18(26)20(30-21)22(28)29)13-11-15(14-8-4-3-5-9-14)16-10-6-7-12-23-16/h3-10,12,15,17-21,25-27H,11,13H2,1-2H3/p+1/t15?,17-,18-,19+,20-,21+/m0/s1. The monoisotopic (exact) mass is 417 g/mol. The highest BCUT2D eigenvalue weighted by Crippen LogP contribution is 2.31. The number of aliphatic hydroxyl groups excluding tert-OH is 3. The van der Waals surface area contributed by atoms with Crippen molar-refractivity contribution in [2.24, 2.45) is 0 Å². The Morgan fingerprint density at radius 2 is 1.70 bits per heavy atom. The molecule has 0 aliphatic carbocycles. The Bertz CT molecular complexity index is 793. The van der Waals surface area contributed by atoms with E-state index in [1.54, 1.807) is 20.3 Å². The molecule has 0 spiro atoms. The van der Waals surface area contributed by atoms with Gasteiger partial charge in [0.1, 0.15) is 12.2 Å². The molecule has 0 bridgehead atoms. The fourth-order valence-electron chi connectivity index (χ4n) is 3.99. The predicted molar refractivity (Wildman–Crippen MR) is 108 cm³/mol. The molecule has 1 saturated heterocycles. The summed E-state index contributed by atoms with van der Waals surface area (Å²) in [4.78, 5) is 15.9. The maximum Gasteiger partial charge on any atom is 0.335 e. The first-order valence-electron chi connectivity index (χ1n) is 9.93. The molecule has 0 radical (unpaired) electrons. The molecule has 8 nitrogen and oxygen atoms in total. The van der Waals surface area contributed by atoms with Crippen molar-refractivity contribution < 1.29 is 34.4 Å². The first-order chi connectivity index (χ1) is 14.2. The fraction of sp³-hybridized carbons (Fsp3) is 0.455. The fourth-order valence-corrected chi connectivity index (χ4v) is 3.99. The van der Waals surface area contributed by atoms with Crippen LogP contribution in [0.5, 0.6) is 0 Å². The van der Waals surface area contributed by atoms with E-state index in [2.05, 4.69) is 4.98 Å². The summed E-state index contributed by atoms with van der Waals surface area (Å²) >= 11 is 0. The lowest BCUT2D eigenvalue weighted by molar-refractivity contribution is -0.944. The van der Waals surface area contributed by atoms with Crippen LogP contribution in [0, 0.1) is 0 Å². The number of carboxylic acids is 1. The van der Waals surface area contributed by atoms with E-state index in [1.807, 2.05) is 48.5 Å². The number of aromatic nitrogens is 1. The predicted octanol–water partition coefficient (Wildman–Crippen LogP) is 0.572. The summed E-state index contributed by atoms with van der Waals surface area (Å²) in [7, 11) is 3.61. The van der Waals surface area contributed by atoms with Gasteiger partial charge in [-0.05, 0) is 17.7 Å². The number of benzene rings is 1. The zero-order valence-corrected chi connectivity index (χ0v) is 17.1. The Hall–Kier alpha value is -2.36. The first kappa shape index (κ1) is 22.3. The van der Waals surface area contributed by atoms with E-state index in [-0.39, 0.29) is 10.4 Å². The Kier molecular flexibility index (Phi) is 6.84. The van der Waals surface area contributed by atoms with E-state index >= 15 is 0 Å². The molecule has 4 N–H and O–H groups in total. The highest BCUT2D eigenvalue weighted by Gasteiger charge is 2.52. The van der Waals surface area contributed by atoms with Gasteiger partial charge in [0.2, 0.25) is 6.23 Å². The molecular formula is C22H29N2O6+. The van der Waals surface area contributed by atoms with Gasteiger partial charge in [0, 0.05) is 24.2 Å². The van der Waals surface area contributed by atoms with Gasteiger partial charge in [-0.1, -0.05) is 36.4 Å². The van der Waals surface area contributed by atoms with Crippen molar-refractivity contribution in [2.45, 2.75) is 43.0 Å². The molecule has 1 aromatic heterocycles. The number of nitrogens with zero attached hydrogens (tertiary/aromatic N) is 2. The molecule has 1 aliphatic heterocycles. The van der Waals surface area contributed by atoms with Crippen LogP contribution in [0.15, 0.2) is 54.7 Å². The topological polar surface area (TPSA) is 120 Å². The number of quaternary nitrogens is 1. The lowest BCUT2D eigenvalue weighted by atomic mass is 9.91. The van der Waals surface area contributed by atoms with Gasteiger partial charge in [-0.25, -0.2) is 4.79 Å². The summed E-state index contributed by atoms with van der Waals surface area (Å²) < 4.78 is 5.65. The molecule has 1 fully saturated rings. The second-order valence-corrected chi connectivity index (χ2v) is 8.27. The zero-order valence-electron chi connectivity index (χ0n) is 17.1. The van der Waals surface area contributed by atoms with Gasteiger partial charge in [0.25, 0.3) is 0 Å². The van der Waals surface area contributed by atoms with Gasteiger partial charge in [-0.2, -0.15) is 0 Å². The zero-order chi connectivity index (χ0) is 21.9. The van der Waals surface area contributed by atoms with Crippen LogP contribution < -0.4 is 0 Å². The minimum absolute atomic E-state index is 0.00341. The van der Waals surface area contributed by atoms with Gasteiger partial charge >= 0.3 is 5.97 Å². The lowest BCUT2D eigenvalue weighted by Crippen LogP contribution is -2.68. The number of hydrogen-bond donors (Lipinski definition) is 4. The molecule has 1 aromatic carbocycles. The number of rotatable bonds is 7. The number of carbonyl (C=O) groups is 1. The van der Waals surface area contributed by atoms with Crippen LogP contribution in [0.1, 0.15) is 23.6 Å². The quantitative estimate of drug-likeness (QED) is 0.486. The molecule has 162 valence electrons. The second-order valence-electron chi connectivity index (χ2n) is 8.27. The van der Waals surface area contributed by atoms with Crippen LogP contribution in [0.2, 0.25) is 0 Å². The summed E-state index contributed by atoms with van der Waals surface area (Å²) in [6.45, 7) is 0.507. The molecule has 1 aliphatic rings. The van der Waals surface area contributed by atoms with Crippen LogP contribution in [-0.2, 0) is 9.53 Å². The number of ether oxygens (including phenoxy) is 1. The molecule has 6 atom stereocenters. The van der Waals surface area contributed by atoms with E-state index in [0.29, 0.717) is 13.0 Å². The number of carboxylic acid groups (broad SMARTS) is 1. The highest BCUT2D eigenvalue weighted by atomic mass is 16.6. The van der Waals surface area contributed by atoms with Crippen molar-refractivity contribution in [3.63, 3.8) is 0 Å². The molecular weight excluding hydrogens is 388 g/mol. The van der Waals surface area contributed by atoms with Crippen molar-refractivity contribution in [2.75, 3.05) is 20.6 Å². The van der Waals surface area contributed by atoms with Crippen LogP contribution in [-0.4, -0.2) is 87.1 Å². The molecule has 3 rings (SSSR count). The van der Waals surface area contributed by atoms with Gasteiger partial charge < -0.3 is 29.6 Å². The summed E-state index contributed by atoms with van der Waals surface area (Å²) in [5, 5.41) is 39.9. The summed E-state index contributed by atoms with van der Waals surface area (Å²) in [6, 6.07) is 15.7. The Morgan fingerprint density at radius 3 is 2.30 bits per heavy atom. The average Bonchev–Trinajstić information content (AvgIpc) is 2.73. The van der Waals surface area contributed by atoms with E-state index in [0.717, 1.165) is 11.3 Å². The maximum absolute atomic E-state index is 11.4. The van der Waals surface area contributed by atoms with Crippen molar-refractivity contribution in [3.05, 3.63) is 66.0 Å². The molecule has 2 aromatic rings. The number of hydrogen-bond acceptors (Lipinski definition) is 6. The first-order valence-corrected chi connectivity index (χ1v) is 9.93. The number of aliphatic carboxylic acids is 1. The minimum atomic E-state index is -1.70. The average molecular weight is 417 g/mol. The number of aliphatic hydroxyl groups is 3. The summed E-state index contributed by atoms with van der Waals surface area (Å²) in [5.74, 6) is -1.38. The highest BCUT2D eigenvalue weighted by molar-refractivity contribution is 5.73. The maximum atomic E-state index is 11.4. The van der Waals surface area contributed by atoms with Crippen LogP contribution in [0.3, 0.4) is 0 Å². The van der Waals surface area contributed by atoms with E-state index in [1.165, 1.54) is 0 Å². The van der Waals surface area contributed by atoms with Gasteiger partial charge in [0.05, 0.1) is 20.6 Å². The third kappa shape index (κ3) is 4.69. The second kappa shape index (κ2) is 9.20. The van der Waals surface area contributed by atoms with Crippen molar-refractivity contribution in [3.8, 4) is 0 Å². The van der Waals surface area contributed by atoms with Crippen molar-refractivity contribution >= 4 is 5.97 Å². The van der Waals surface area contributed by atoms with E-state index in [4.69, 9.17) is 4.74 Å². The van der Waals surface area contributed by atoms with Crippen molar-refractivity contribution in [1.82, 2.24) is 4.98 Å².